The van der Waals surface area contributed by atoms with Crippen LogP contribution < -0.4 is 14.7 Å². The Labute approximate surface area is 206 Å². The van der Waals surface area contributed by atoms with Gasteiger partial charge in [-0.2, -0.15) is 0 Å². The molecule has 0 aromatic carbocycles. The number of hydrogen-bond acceptors (Lipinski definition) is 14. The van der Waals surface area contributed by atoms with Crippen LogP contribution in [0.4, 0.5) is 0 Å². The van der Waals surface area contributed by atoms with Gasteiger partial charge in [0.05, 0.1) is 45.2 Å². The van der Waals surface area contributed by atoms with E-state index in [4.69, 9.17) is 26.7 Å². The SMILES string of the molecule is [B]C1CC(OP(=O)([O-])OCCCOP(=O)([O-])OCCCOP(=O)([O-])OCCCO)C(C(C)(C)C)O1. The van der Waals surface area contributed by atoms with Crippen LogP contribution in [-0.4, -0.2) is 70.8 Å². The highest BCUT2D eigenvalue weighted by Crippen LogP contribution is 2.46. The second kappa shape index (κ2) is 15.0. The van der Waals surface area contributed by atoms with Crippen LogP contribution in [0, 0.1) is 5.41 Å². The molecule has 0 aliphatic carbocycles. The van der Waals surface area contributed by atoms with Crippen LogP contribution in [0.5, 0.6) is 0 Å². The Morgan fingerprint density at radius 1 is 0.829 bits per heavy atom. The third kappa shape index (κ3) is 14.7. The molecule has 2 radical (unpaired) electrons. The van der Waals surface area contributed by atoms with Gasteiger partial charge in [0, 0.05) is 12.6 Å². The molecule has 6 unspecified atom stereocenters. The lowest BCUT2D eigenvalue weighted by atomic mass is 9.85. The van der Waals surface area contributed by atoms with Gasteiger partial charge in [-0.25, -0.2) is 0 Å². The molecule has 35 heavy (non-hydrogen) atoms. The summed E-state index contributed by atoms with van der Waals surface area (Å²) in [6.45, 7) is 3.45. The number of phosphoric acid groups is 3. The molecular weight excluding hydrogens is 532 g/mol. The Morgan fingerprint density at radius 3 is 1.63 bits per heavy atom. The maximum atomic E-state index is 12.1. The first-order valence-corrected chi connectivity index (χ1v) is 15.3. The fourth-order valence-electron chi connectivity index (χ4n) is 2.88. The normalized spacial score (nSPS) is 26.2. The van der Waals surface area contributed by atoms with Crippen molar-refractivity contribution in [3.8, 4) is 0 Å². The molecule has 6 atom stereocenters. The lowest BCUT2D eigenvalue weighted by Gasteiger charge is -2.34. The molecule has 0 aromatic heterocycles. The van der Waals surface area contributed by atoms with E-state index in [1.807, 2.05) is 20.8 Å². The standard InChI is InChI=1S/C17H36BO14P3/c1-17(2,3)16-14(13-15(18)31-16)32-35(24,25)30-12-6-11-29-34(22,23)28-10-5-9-27-33(20,21)26-8-4-7-19/h14-16,19H,4-13H2,1-3H3,(H,20,21)(H,22,23)(H,24,25)/p-3. The largest absolute Gasteiger partial charge is 0.756 e. The summed E-state index contributed by atoms with van der Waals surface area (Å²) < 4.78 is 68.6. The van der Waals surface area contributed by atoms with Gasteiger partial charge in [-0.15, -0.1) is 0 Å². The van der Waals surface area contributed by atoms with Crippen LogP contribution in [0.3, 0.4) is 0 Å². The van der Waals surface area contributed by atoms with E-state index in [1.165, 1.54) is 0 Å². The molecule has 0 saturated carbocycles. The first-order chi connectivity index (χ1) is 16.1. The van der Waals surface area contributed by atoms with Crippen molar-refractivity contribution in [1.82, 2.24) is 0 Å². The fraction of sp³-hybridized carbons (Fsp3) is 1.00. The molecule has 0 aromatic rings. The van der Waals surface area contributed by atoms with Gasteiger partial charge in [-0.3, -0.25) is 13.7 Å². The summed E-state index contributed by atoms with van der Waals surface area (Å²) in [5, 5.41) is 8.56. The molecule has 1 heterocycles. The van der Waals surface area contributed by atoms with Gasteiger partial charge >= 0.3 is 0 Å². The Balaban J connectivity index is 2.23. The van der Waals surface area contributed by atoms with Gasteiger partial charge in [0.1, 0.15) is 7.85 Å². The summed E-state index contributed by atoms with van der Waals surface area (Å²) in [5.74, 6) is 0. The van der Waals surface area contributed by atoms with Gasteiger partial charge < -0.3 is 51.7 Å². The van der Waals surface area contributed by atoms with Crippen molar-refractivity contribution in [2.75, 3.05) is 39.6 Å². The molecule has 1 aliphatic heterocycles. The molecule has 1 saturated heterocycles. The first kappa shape index (κ1) is 33.3. The molecule has 1 aliphatic rings. The minimum Gasteiger partial charge on any atom is -0.756 e. The Morgan fingerprint density at radius 2 is 1.23 bits per heavy atom. The van der Waals surface area contributed by atoms with E-state index in [2.05, 4.69) is 18.1 Å². The molecule has 1 fully saturated rings. The van der Waals surface area contributed by atoms with Gasteiger partial charge in [-0.05, 0) is 31.1 Å². The predicted molar refractivity (Wildman–Crippen MR) is 117 cm³/mol. The minimum atomic E-state index is -4.71. The number of aliphatic hydroxyl groups excluding tert-OH is 1. The first-order valence-electron chi connectivity index (χ1n) is 10.9. The zero-order valence-corrected chi connectivity index (χ0v) is 22.7. The molecule has 1 N–H and O–H groups in total. The summed E-state index contributed by atoms with van der Waals surface area (Å²) >= 11 is 0. The van der Waals surface area contributed by atoms with E-state index in [0.717, 1.165) is 0 Å². The van der Waals surface area contributed by atoms with Gasteiger partial charge in [0.2, 0.25) is 0 Å². The van der Waals surface area contributed by atoms with Gasteiger partial charge in [0.25, 0.3) is 23.5 Å². The van der Waals surface area contributed by atoms with Crippen LogP contribution >= 0.6 is 23.5 Å². The molecule has 0 bridgehead atoms. The highest BCUT2D eigenvalue weighted by Gasteiger charge is 2.42. The molecule has 1 rings (SSSR count). The number of phosphoric ester groups is 3. The maximum Gasteiger partial charge on any atom is 0.268 e. The third-order valence-electron chi connectivity index (χ3n) is 4.37. The van der Waals surface area contributed by atoms with Crippen LogP contribution in [0.1, 0.15) is 46.5 Å². The maximum absolute atomic E-state index is 12.1. The van der Waals surface area contributed by atoms with Crippen molar-refractivity contribution in [2.45, 2.75) is 64.7 Å². The van der Waals surface area contributed by atoms with Crippen LogP contribution in [-0.2, 0) is 45.6 Å². The second-order valence-electron chi connectivity index (χ2n) is 8.63. The number of rotatable bonds is 18. The Bertz CT molecular complexity index is 763. The van der Waals surface area contributed by atoms with Crippen molar-refractivity contribution in [3.05, 3.63) is 0 Å². The topological polar surface area (TPSA) is 205 Å². The van der Waals surface area contributed by atoms with E-state index in [1.54, 1.807) is 0 Å². The van der Waals surface area contributed by atoms with Crippen molar-refractivity contribution < 1.29 is 65.4 Å². The van der Waals surface area contributed by atoms with Crippen LogP contribution in [0.15, 0.2) is 0 Å². The van der Waals surface area contributed by atoms with Gasteiger partial charge in [-0.1, -0.05) is 20.8 Å². The van der Waals surface area contributed by atoms with Crippen molar-refractivity contribution in [2.24, 2.45) is 5.41 Å². The third-order valence-corrected chi connectivity index (χ3v) is 7.39. The van der Waals surface area contributed by atoms with Crippen molar-refractivity contribution in [1.29, 1.82) is 0 Å². The molecule has 14 nitrogen and oxygen atoms in total. The molecule has 206 valence electrons. The van der Waals surface area contributed by atoms with E-state index in [0.29, 0.717) is 0 Å². The monoisotopic (exact) mass is 565 g/mol. The molecular formula is C17H33BO14P3-3. The Hall–Kier alpha value is 0.315. The quantitative estimate of drug-likeness (QED) is 0.135. The van der Waals surface area contributed by atoms with Crippen molar-refractivity contribution >= 4 is 31.3 Å². The summed E-state index contributed by atoms with van der Waals surface area (Å²) in [7, 11) is -8.23. The van der Waals surface area contributed by atoms with Crippen LogP contribution in [0.2, 0.25) is 0 Å². The number of ether oxygens (including phenoxy) is 1. The molecule has 0 spiro atoms. The summed E-state index contributed by atoms with van der Waals surface area (Å²) in [6.07, 6.45) is -1.30. The van der Waals surface area contributed by atoms with E-state index in [-0.39, 0.29) is 45.5 Å². The molecule has 18 heteroatoms. The average molecular weight is 565 g/mol. The summed E-state index contributed by atoms with van der Waals surface area (Å²) in [5.41, 5.74) is -0.420. The highest BCUT2D eigenvalue weighted by atomic mass is 31.2. The smallest absolute Gasteiger partial charge is 0.268 e. The number of hydrogen-bond donors (Lipinski definition) is 1. The lowest BCUT2D eigenvalue weighted by molar-refractivity contribution is -0.232. The van der Waals surface area contributed by atoms with Gasteiger partial charge in [0.15, 0.2) is 0 Å². The summed E-state index contributed by atoms with van der Waals surface area (Å²) in [4.78, 5) is 35.1. The van der Waals surface area contributed by atoms with E-state index >= 15 is 0 Å². The lowest BCUT2D eigenvalue weighted by Crippen LogP contribution is -2.37. The summed E-state index contributed by atoms with van der Waals surface area (Å²) in [6, 6.07) is -0.662. The second-order valence-corrected chi connectivity index (χ2v) is 12.8. The van der Waals surface area contributed by atoms with Crippen LogP contribution in [0.25, 0.3) is 0 Å². The van der Waals surface area contributed by atoms with E-state index in [9.17, 15) is 28.4 Å². The van der Waals surface area contributed by atoms with E-state index < -0.39 is 66.9 Å². The van der Waals surface area contributed by atoms with Crippen molar-refractivity contribution in [3.63, 3.8) is 0 Å². The average Bonchev–Trinajstić information content (AvgIpc) is 3.07. The number of aliphatic hydroxyl groups is 1. The zero-order chi connectivity index (χ0) is 26.8. The highest BCUT2D eigenvalue weighted by molar-refractivity contribution is 7.46. The molecule has 0 amide bonds. The Kier molecular flexibility index (Phi) is 14.3. The zero-order valence-electron chi connectivity index (χ0n) is 20.0. The fourth-order valence-corrected chi connectivity index (χ4v) is 5.38. The minimum absolute atomic E-state index is 0.102. The predicted octanol–water partition coefficient (Wildman–Crippen LogP) is 0.352.